The Morgan fingerprint density at radius 3 is 2.42 bits per heavy atom. The SMILES string of the molecule is COc1ccc(C2=NN(C(=O)CN3CCC(C(N)=O)CC3)[C@H](c3ccccc3)C2)c(OC)c1. The molecule has 0 aromatic heterocycles. The van der Waals surface area contributed by atoms with Gasteiger partial charge < -0.3 is 15.2 Å². The second-order valence-electron chi connectivity index (χ2n) is 8.43. The second-order valence-corrected chi connectivity index (χ2v) is 8.43. The van der Waals surface area contributed by atoms with Gasteiger partial charge in [0.2, 0.25) is 5.91 Å². The molecule has 0 aliphatic carbocycles. The summed E-state index contributed by atoms with van der Waals surface area (Å²) in [5.74, 6) is 0.924. The summed E-state index contributed by atoms with van der Waals surface area (Å²) in [5, 5.41) is 6.37. The van der Waals surface area contributed by atoms with E-state index in [0.29, 0.717) is 43.9 Å². The molecule has 0 spiro atoms. The van der Waals surface area contributed by atoms with Crippen molar-refractivity contribution in [1.82, 2.24) is 9.91 Å². The molecule has 1 saturated heterocycles. The van der Waals surface area contributed by atoms with Crippen LogP contribution in [0.3, 0.4) is 0 Å². The van der Waals surface area contributed by atoms with Crippen molar-refractivity contribution in [3.63, 3.8) is 0 Å². The van der Waals surface area contributed by atoms with Gasteiger partial charge in [0.25, 0.3) is 5.91 Å². The summed E-state index contributed by atoms with van der Waals surface area (Å²) >= 11 is 0. The van der Waals surface area contributed by atoms with E-state index < -0.39 is 0 Å². The molecule has 2 aliphatic heterocycles. The van der Waals surface area contributed by atoms with E-state index in [9.17, 15) is 9.59 Å². The lowest BCUT2D eigenvalue weighted by Crippen LogP contribution is -2.43. The van der Waals surface area contributed by atoms with Crippen molar-refractivity contribution in [2.24, 2.45) is 16.8 Å². The highest BCUT2D eigenvalue weighted by atomic mass is 16.5. The molecule has 2 heterocycles. The molecule has 0 radical (unpaired) electrons. The summed E-state index contributed by atoms with van der Waals surface area (Å²) < 4.78 is 10.9. The Bertz CT molecular complexity index is 1030. The quantitative estimate of drug-likeness (QED) is 0.699. The molecule has 2 aromatic rings. The highest BCUT2D eigenvalue weighted by Crippen LogP contribution is 2.36. The number of hydrazone groups is 1. The maximum Gasteiger partial charge on any atom is 0.257 e. The number of likely N-dealkylation sites (tertiary alicyclic amines) is 1. The molecule has 8 heteroatoms. The number of amides is 2. The van der Waals surface area contributed by atoms with Crippen LogP contribution in [-0.2, 0) is 9.59 Å². The van der Waals surface area contributed by atoms with E-state index in [2.05, 4.69) is 4.90 Å². The predicted molar refractivity (Wildman–Crippen MR) is 125 cm³/mol. The first-order valence-electron chi connectivity index (χ1n) is 11.2. The Hall–Kier alpha value is -3.39. The zero-order chi connectivity index (χ0) is 23.4. The molecule has 4 rings (SSSR count). The van der Waals surface area contributed by atoms with Crippen LogP contribution in [0.2, 0.25) is 0 Å². The van der Waals surface area contributed by atoms with Crippen LogP contribution < -0.4 is 15.2 Å². The first-order chi connectivity index (χ1) is 16.0. The van der Waals surface area contributed by atoms with Crippen LogP contribution in [0.5, 0.6) is 11.5 Å². The van der Waals surface area contributed by atoms with Gasteiger partial charge in [-0.2, -0.15) is 5.10 Å². The predicted octanol–water partition coefficient (Wildman–Crippen LogP) is 2.58. The first kappa shape index (κ1) is 22.8. The Kier molecular flexibility index (Phi) is 6.93. The number of hydrogen-bond acceptors (Lipinski definition) is 6. The minimum atomic E-state index is -0.257. The van der Waals surface area contributed by atoms with E-state index in [1.807, 2.05) is 48.5 Å². The molecule has 174 valence electrons. The number of carbonyl (C=O) groups excluding carboxylic acids is 2. The van der Waals surface area contributed by atoms with Crippen molar-refractivity contribution >= 4 is 17.5 Å². The number of ether oxygens (including phenoxy) is 2. The summed E-state index contributed by atoms with van der Waals surface area (Å²) in [6.45, 7) is 1.60. The van der Waals surface area contributed by atoms with Crippen LogP contribution in [-0.4, -0.2) is 61.3 Å². The fraction of sp³-hybridized carbons (Fsp3) is 0.400. The average Bonchev–Trinajstić information content (AvgIpc) is 3.30. The van der Waals surface area contributed by atoms with E-state index in [0.717, 1.165) is 16.8 Å². The molecule has 0 bridgehead atoms. The van der Waals surface area contributed by atoms with E-state index in [4.69, 9.17) is 20.3 Å². The van der Waals surface area contributed by atoms with Gasteiger partial charge in [-0.1, -0.05) is 30.3 Å². The highest BCUT2D eigenvalue weighted by molar-refractivity contribution is 6.05. The van der Waals surface area contributed by atoms with Crippen molar-refractivity contribution < 1.29 is 19.1 Å². The van der Waals surface area contributed by atoms with E-state index >= 15 is 0 Å². The Balaban J connectivity index is 1.57. The summed E-state index contributed by atoms with van der Waals surface area (Å²) in [6, 6.07) is 15.4. The lowest BCUT2D eigenvalue weighted by atomic mass is 9.96. The fourth-order valence-electron chi connectivity index (χ4n) is 4.51. The molecule has 2 aliphatic rings. The first-order valence-corrected chi connectivity index (χ1v) is 11.2. The van der Waals surface area contributed by atoms with Gasteiger partial charge in [0, 0.05) is 24.0 Å². The Morgan fingerprint density at radius 2 is 1.79 bits per heavy atom. The standard InChI is InChI=1S/C25H30N4O4/c1-32-19-8-9-20(23(14-19)33-2)21-15-22(17-6-4-3-5-7-17)29(27-21)24(30)16-28-12-10-18(11-13-28)25(26)31/h3-9,14,18,22H,10-13,15-16H2,1-2H3,(H2,26,31)/t22-/m0/s1. The van der Waals surface area contributed by atoms with Gasteiger partial charge in [0.1, 0.15) is 11.5 Å². The van der Waals surface area contributed by atoms with E-state index in [1.165, 1.54) is 0 Å². The van der Waals surface area contributed by atoms with Crippen LogP contribution in [0.1, 0.15) is 36.4 Å². The van der Waals surface area contributed by atoms with E-state index in [-0.39, 0.29) is 30.3 Å². The molecule has 0 saturated carbocycles. The largest absolute Gasteiger partial charge is 0.497 e. The number of rotatable bonds is 7. The number of methoxy groups -OCH3 is 2. The number of primary amides is 1. The van der Waals surface area contributed by atoms with Gasteiger partial charge in [-0.15, -0.1) is 0 Å². The van der Waals surface area contributed by atoms with Crippen molar-refractivity contribution in [1.29, 1.82) is 0 Å². The third kappa shape index (κ3) is 5.01. The summed E-state index contributed by atoms with van der Waals surface area (Å²) in [7, 11) is 3.22. The monoisotopic (exact) mass is 450 g/mol. The van der Waals surface area contributed by atoms with Crippen LogP contribution in [0.4, 0.5) is 0 Å². The molecule has 1 atom stereocenters. The van der Waals surface area contributed by atoms with Gasteiger partial charge >= 0.3 is 0 Å². The number of piperidine rings is 1. The van der Waals surface area contributed by atoms with Gasteiger partial charge in [-0.3, -0.25) is 14.5 Å². The summed E-state index contributed by atoms with van der Waals surface area (Å²) in [5.41, 5.74) is 8.11. The molecule has 8 nitrogen and oxygen atoms in total. The van der Waals surface area contributed by atoms with Gasteiger partial charge in [0.15, 0.2) is 0 Å². The molecule has 33 heavy (non-hydrogen) atoms. The van der Waals surface area contributed by atoms with Crippen LogP contribution in [0.25, 0.3) is 0 Å². The Morgan fingerprint density at radius 1 is 1.06 bits per heavy atom. The molecule has 1 fully saturated rings. The maximum absolute atomic E-state index is 13.4. The minimum absolute atomic E-state index is 0.0659. The number of nitrogens with zero attached hydrogens (tertiary/aromatic N) is 3. The lowest BCUT2D eigenvalue weighted by molar-refractivity contribution is -0.134. The van der Waals surface area contributed by atoms with Crippen molar-refractivity contribution in [2.75, 3.05) is 33.9 Å². The molecule has 2 N–H and O–H groups in total. The smallest absolute Gasteiger partial charge is 0.257 e. The van der Waals surface area contributed by atoms with Crippen molar-refractivity contribution in [3.8, 4) is 11.5 Å². The van der Waals surface area contributed by atoms with Crippen molar-refractivity contribution in [3.05, 3.63) is 59.7 Å². The molecule has 2 amide bonds. The summed E-state index contributed by atoms with van der Waals surface area (Å²) in [4.78, 5) is 26.9. The average molecular weight is 451 g/mol. The zero-order valence-electron chi connectivity index (χ0n) is 19.1. The maximum atomic E-state index is 13.4. The number of benzene rings is 2. The lowest BCUT2D eigenvalue weighted by Gasteiger charge is -2.31. The summed E-state index contributed by atoms with van der Waals surface area (Å²) in [6.07, 6.45) is 1.95. The van der Waals surface area contributed by atoms with Gasteiger partial charge in [-0.25, -0.2) is 5.01 Å². The Labute approximate surface area is 193 Å². The van der Waals surface area contributed by atoms with Gasteiger partial charge in [-0.05, 0) is 43.6 Å². The topological polar surface area (TPSA) is 97.5 Å². The molecular formula is C25H30N4O4. The van der Waals surface area contributed by atoms with Crippen molar-refractivity contribution in [2.45, 2.75) is 25.3 Å². The molecule has 0 unspecified atom stereocenters. The fourth-order valence-corrected chi connectivity index (χ4v) is 4.51. The van der Waals surface area contributed by atoms with Crippen LogP contribution in [0, 0.1) is 5.92 Å². The minimum Gasteiger partial charge on any atom is -0.497 e. The molecule has 2 aromatic carbocycles. The van der Waals surface area contributed by atoms with Gasteiger partial charge in [0.05, 0.1) is 32.5 Å². The molecular weight excluding hydrogens is 420 g/mol. The van der Waals surface area contributed by atoms with Crippen LogP contribution in [0.15, 0.2) is 53.6 Å². The third-order valence-electron chi connectivity index (χ3n) is 6.42. The number of nitrogens with two attached hydrogens (primary N) is 1. The third-order valence-corrected chi connectivity index (χ3v) is 6.42. The number of carbonyl (C=O) groups is 2. The number of hydrogen-bond donors (Lipinski definition) is 1. The zero-order valence-corrected chi connectivity index (χ0v) is 19.1. The normalized spacial score (nSPS) is 19.3. The van der Waals surface area contributed by atoms with E-state index in [1.54, 1.807) is 19.2 Å². The van der Waals surface area contributed by atoms with Crippen LogP contribution >= 0.6 is 0 Å². The highest BCUT2D eigenvalue weighted by Gasteiger charge is 2.35. The second kappa shape index (κ2) is 10.0.